The summed E-state index contributed by atoms with van der Waals surface area (Å²) >= 11 is 0. The maximum atomic E-state index is 5.93. The van der Waals surface area contributed by atoms with Gasteiger partial charge in [-0.3, -0.25) is 0 Å². The van der Waals surface area contributed by atoms with E-state index in [4.69, 9.17) is 14.2 Å². The molecule has 2 atom stereocenters. The van der Waals surface area contributed by atoms with Gasteiger partial charge in [-0.1, -0.05) is 6.92 Å². The molecule has 0 radical (unpaired) electrons. The molecule has 0 spiro atoms. The van der Waals surface area contributed by atoms with E-state index in [9.17, 15) is 0 Å². The second-order valence-electron chi connectivity index (χ2n) is 6.20. The lowest BCUT2D eigenvalue weighted by atomic mass is 10.2. The van der Waals surface area contributed by atoms with Gasteiger partial charge < -0.3 is 19.5 Å². The van der Waals surface area contributed by atoms with Gasteiger partial charge in [0.1, 0.15) is 0 Å². The van der Waals surface area contributed by atoms with Crippen LogP contribution in [0.1, 0.15) is 47.0 Å². The van der Waals surface area contributed by atoms with Gasteiger partial charge in [0.25, 0.3) is 0 Å². The van der Waals surface area contributed by atoms with E-state index in [-0.39, 0.29) is 11.7 Å². The van der Waals surface area contributed by atoms with Crippen molar-refractivity contribution in [2.45, 2.75) is 64.8 Å². The van der Waals surface area contributed by atoms with E-state index in [0.717, 1.165) is 25.9 Å². The fourth-order valence-electron chi connectivity index (χ4n) is 2.11. The highest BCUT2D eigenvalue weighted by Crippen LogP contribution is 2.19. The van der Waals surface area contributed by atoms with Gasteiger partial charge in [-0.15, -0.1) is 0 Å². The molecule has 1 heterocycles. The van der Waals surface area contributed by atoms with Crippen molar-refractivity contribution >= 4 is 0 Å². The molecule has 1 fully saturated rings. The van der Waals surface area contributed by atoms with Gasteiger partial charge in [-0.05, 0) is 46.6 Å². The smallest absolute Gasteiger partial charge is 0.0813 e. The molecule has 1 saturated heterocycles. The van der Waals surface area contributed by atoms with Crippen LogP contribution < -0.4 is 5.32 Å². The van der Waals surface area contributed by atoms with Crippen LogP contribution in [0.3, 0.4) is 0 Å². The largest absolute Gasteiger partial charge is 0.376 e. The van der Waals surface area contributed by atoms with Gasteiger partial charge >= 0.3 is 0 Å². The third-order valence-corrected chi connectivity index (χ3v) is 3.06. The Morgan fingerprint density at radius 2 is 1.89 bits per heavy atom. The molecule has 0 aromatic carbocycles. The van der Waals surface area contributed by atoms with Crippen LogP contribution in [0.25, 0.3) is 0 Å². The van der Waals surface area contributed by atoms with E-state index in [1.807, 2.05) is 0 Å². The van der Waals surface area contributed by atoms with Gasteiger partial charge in [0.2, 0.25) is 0 Å². The molecule has 114 valence electrons. The van der Waals surface area contributed by atoms with E-state index in [0.29, 0.717) is 25.9 Å². The molecule has 0 saturated carbocycles. The van der Waals surface area contributed by atoms with Crippen LogP contribution in [0.15, 0.2) is 0 Å². The first-order valence-corrected chi connectivity index (χ1v) is 7.59. The van der Waals surface area contributed by atoms with Crippen molar-refractivity contribution in [1.82, 2.24) is 5.32 Å². The highest BCUT2D eigenvalue weighted by molar-refractivity contribution is 4.75. The predicted octanol–water partition coefficient (Wildman–Crippen LogP) is 2.37. The minimum absolute atomic E-state index is 0.0801. The first-order valence-electron chi connectivity index (χ1n) is 7.59. The molecule has 0 aromatic heterocycles. The molecule has 0 bridgehead atoms. The topological polar surface area (TPSA) is 39.7 Å². The monoisotopic (exact) mass is 273 g/mol. The first kappa shape index (κ1) is 16.9. The molecule has 0 amide bonds. The summed E-state index contributed by atoms with van der Waals surface area (Å²) in [7, 11) is 0. The zero-order valence-electron chi connectivity index (χ0n) is 13.0. The van der Waals surface area contributed by atoms with Crippen molar-refractivity contribution in [3.8, 4) is 0 Å². The Hall–Kier alpha value is -0.160. The number of ether oxygens (including phenoxy) is 3. The van der Waals surface area contributed by atoms with E-state index in [1.54, 1.807) is 0 Å². The lowest BCUT2D eigenvalue weighted by Crippen LogP contribution is -2.28. The van der Waals surface area contributed by atoms with Gasteiger partial charge in [0.15, 0.2) is 0 Å². The van der Waals surface area contributed by atoms with Crippen LogP contribution in [0.5, 0.6) is 0 Å². The van der Waals surface area contributed by atoms with Crippen molar-refractivity contribution in [2.24, 2.45) is 0 Å². The summed E-state index contributed by atoms with van der Waals surface area (Å²) in [6.07, 6.45) is 4.06. The summed E-state index contributed by atoms with van der Waals surface area (Å²) < 4.78 is 17.1. The summed E-state index contributed by atoms with van der Waals surface area (Å²) in [4.78, 5) is 0. The van der Waals surface area contributed by atoms with Gasteiger partial charge in [-0.25, -0.2) is 0 Å². The summed E-state index contributed by atoms with van der Waals surface area (Å²) in [5.74, 6) is 0. The minimum Gasteiger partial charge on any atom is -0.376 e. The lowest BCUT2D eigenvalue weighted by molar-refractivity contribution is -0.0575. The minimum atomic E-state index is -0.0801. The van der Waals surface area contributed by atoms with Crippen LogP contribution in [-0.4, -0.2) is 50.7 Å². The van der Waals surface area contributed by atoms with Crippen molar-refractivity contribution in [3.63, 3.8) is 0 Å². The zero-order chi connectivity index (χ0) is 14.1. The van der Waals surface area contributed by atoms with Gasteiger partial charge in [0.05, 0.1) is 37.6 Å². The van der Waals surface area contributed by atoms with E-state index >= 15 is 0 Å². The predicted molar refractivity (Wildman–Crippen MR) is 77.6 cm³/mol. The van der Waals surface area contributed by atoms with E-state index in [1.165, 1.54) is 6.42 Å². The van der Waals surface area contributed by atoms with E-state index < -0.39 is 0 Å². The molecule has 0 aliphatic carbocycles. The number of hydrogen-bond donors (Lipinski definition) is 1. The molecule has 2 unspecified atom stereocenters. The summed E-state index contributed by atoms with van der Waals surface area (Å²) in [6, 6.07) is 0. The zero-order valence-corrected chi connectivity index (χ0v) is 13.0. The van der Waals surface area contributed by atoms with Crippen molar-refractivity contribution in [2.75, 3.05) is 32.9 Å². The second-order valence-corrected chi connectivity index (χ2v) is 6.20. The Morgan fingerprint density at radius 3 is 2.58 bits per heavy atom. The van der Waals surface area contributed by atoms with Gasteiger partial charge in [-0.2, -0.15) is 0 Å². The normalized spacial score (nSPS) is 24.0. The van der Waals surface area contributed by atoms with Crippen molar-refractivity contribution in [3.05, 3.63) is 0 Å². The Labute approximate surface area is 118 Å². The first-order chi connectivity index (χ1) is 9.01. The summed E-state index contributed by atoms with van der Waals surface area (Å²) in [5.41, 5.74) is -0.0801. The average Bonchev–Trinajstić information content (AvgIpc) is 2.75. The second kappa shape index (κ2) is 8.90. The van der Waals surface area contributed by atoms with Gasteiger partial charge in [0, 0.05) is 6.54 Å². The Kier molecular flexibility index (Phi) is 7.91. The van der Waals surface area contributed by atoms with Crippen molar-refractivity contribution in [1.29, 1.82) is 0 Å². The highest BCUT2D eigenvalue weighted by Gasteiger charge is 2.24. The third kappa shape index (κ3) is 8.58. The van der Waals surface area contributed by atoms with Crippen LogP contribution in [0, 0.1) is 0 Å². The Balaban J connectivity index is 1.97. The van der Waals surface area contributed by atoms with Crippen LogP contribution in [-0.2, 0) is 14.2 Å². The summed E-state index contributed by atoms with van der Waals surface area (Å²) in [5, 5.41) is 3.40. The number of rotatable bonds is 9. The summed E-state index contributed by atoms with van der Waals surface area (Å²) in [6.45, 7) is 12.4. The van der Waals surface area contributed by atoms with Crippen LogP contribution in [0.2, 0.25) is 0 Å². The van der Waals surface area contributed by atoms with Crippen LogP contribution >= 0.6 is 0 Å². The fraction of sp³-hybridized carbons (Fsp3) is 1.00. The van der Waals surface area contributed by atoms with E-state index in [2.05, 4.69) is 33.0 Å². The molecule has 4 heteroatoms. The van der Waals surface area contributed by atoms with Crippen molar-refractivity contribution < 1.29 is 14.2 Å². The maximum absolute atomic E-state index is 5.93. The lowest BCUT2D eigenvalue weighted by Gasteiger charge is -2.20. The number of hydrogen-bond acceptors (Lipinski definition) is 4. The fourth-order valence-corrected chi connectivity index (χ4v) is 2.11. The SMILES string of the molecule is CCCNCC1CCC(COCCOC(C)(C)C)O1. The highest BCUT2D eigenvalue weighted by atomic mass is 16.6. The molecule has 19 heavy (non-hydrogen) atoms. The molecular weight excluding hydrogens is 242 g/mol. The maximum Gasteiger partial charge on any atom is 0.0813 e. The standard InChI is InChI=1S/C15H31NO3/c1-5-8-16-11-13-6-7-14(19-13)12-17-9-10-18-15(2,3)4/h13-14,16H,5-12H2,1-4H3. The molecule has 0 aromatic rings. The average molecular weight is 273 g/mol. The molecular formula is C15H31NO3. The third-order valence-electron chi connectivity index (χ3n) is 3.06. The molecule has 1 aliphatic heterocycles. The molecule has 1 rings (SSSR count). The quantitative estimate of drug-likeness (QED) is 0.655. The molecule has 1 aliphatic rings. The Morgan fingerprint density at radius 1 is 1.16 bits per heavy atom. The van der Waals surface area contributed by atoms with Crippen LogP contribution in [0.4, 0.5) is 0 Å². The molecule has 1 N–H and O–H groups in total. The Bertz CT molecular complexity index is 228. The number of nitrogens with one attached hydrogen (secondary N) is 1. The molecule has 4 nitrogen and oxygen atoms in total.